The number of thioether (sulfide) groups is 1. The summed E-state index contributed by atoms with van der Waals surface area (Å²) in [5.41, 5.74) is -1.12. The minimum atomic E-state index is -2.52. The van der Waals surface area contributed by atoms with Crippen molar-refractivity contribution < 1.29 is 82.6 Å². The summed E-state index contributed by atoms with van der Waals surface area (Å²) in [6.45, 7) is 9.73. The van der Waals surface area contributed by atoms with Crippen LogP contribution in [0.4, 0.5) is 5.69 Å². The fourth-order valence-electron chi connectivity index (χ4n) is 15.8. The molecule has 0 radical (unpaired) electrons. The first-order valence-corrected chi connectivity index (χ1v) is 36.9. The molecular formula is C75H90N3O16SSi+. The van der Waals surface area contributed by atoms with Crippen LogP contribution in [-0.4, -0.2) is 186 Å². The zero-order valence-corrected chi connectivity index (χ0v) is 58.2. The number of benzene rings is 4. The summed E-state index contributed by atoms with van der Waals surface area (Å²) < 4.78 is 26.7. The standard InChI is InChI=1S/C75H89N3O16SSi/c1-44-56(42-75(90)68(93-70(88)47-24-16-12-17-25-47)66-73(5,67(85)65(84)63(44)72(75,3)4)59(81)41-60-74(66,43-91-60)94-45(2)79)92-71(89)64(83)55(46-22-14-11-15-23-46)40-50(80)26-18-13-21-34-76-61(82)33-35-95-36-37-96(10)57-38-48(77(6)7)29-31-53(57)62(51-27-19-20-28-52(51)69(86)87)54-32-30-49(78(8)9)39-58(54)96/h11-12,14-17,19-20,22-25,27-32,38-39,55-56,59-60,64-66,68,81,83-84,90H,13,18,21,26,33-37,40-43H2,1-10H3,(H-,76,82,86,87)/p+1/t55-,56?,59-,60+,64+,65+,66?,68?,73+,74-,75+/m0/s1. The molecule has 510 valence electrons. The Labute approximate surface area is 566 Å². The molecule has 4 aromatic rings. The third-order valence-corrected chi connectivity index (χ3v) is 27.1. The number of hydrogen-bond acceptors (Lipinski definition) is 17. The molecule has 2 heterocycles. The second-order valence-corrected chi connectivity index (χ2v) is 33.3. The Morgan fingerprint density at radius 1 is 0.865 bits per heavy atom. The lowest BCUT2D eigenvalue weighted by molar-refractivity contribution is -0.462. The predicted molar refractivity (Wildman–Crippen MR) is 368 cm³/mol. The van der Waals surface area contributed by atoms with Gasteiger partial charge in [0.2, 0.25) is 5.91 Å². The van der Waals surface area contributed by atoms with Crippen LogP contribution in [0.15, 0.2) is 143 Å². The first-order valence-electron chi connectivity index (χ1n) is 33.1. The number of esters is 3. The SMILES string of the molecule is CC(=O)O[C@@]12CO[C@@H]1C[C@H](O)[C@@]1(C)C(=O)[C@H](O)C3=C(C)C(OC(=O)[C@H](O)[C@@H](CC(=O)CCCCCNC(=O)CCSCC[Si]4(C)C5=CC(=[N+](C)C)C=CC5=C(c5ccccc5C(=O)O)c5ccc(N(C)C)cc54)c4ccccc4)C[C@@](O)(C(OC(=O)c4ccccc4)C12)C3(C)C. The fraction of sp³-hybridized carbons (Fsp3) is 0.467. The summed E-state index contributed by atoms with van der Waals surface area (Å²) in [5, 5.41) is 66.1. The number of ether oxygens (including phenoxy) is 4. The van der Waals surface area contributed by atoms with E-state index in [4.69, 9.17) is 18.9 Å². The molecule has 1 amide bonds. The van der Waals surface area contributed by atoms with E-state index in [0.717, 1.165) is 46.8 Å². The number of amides is 1. The maximum absolute atomic E-state index is 15.2. The molecule has 21 heteroatoms. The normalized spacial score (nSPS) is 27.5. The van der Waals surface area contributed by atoms with Crippen molar-refractivity contribution in [3.05, 3.63) is 171 Å². The van der Waals surface area contributed by atoms with E-state index in [2.05, 4.69) is 57.8 Å². The molecule has 0 aromatic heterocycles. The molecule has 0 spiro atoms. The second-order valence-electron chi connectivity index (χ2n) is 27.9. The van der Waals surface area contributed by atoms with Gasteiger partial charge in [0.1, 0.15) is 58.0 Å². The van der Waals surface area contributed by atoms with Crippen LogP contribution in [0.5, 0.6) is 0 Å². The maximum Gasteiger partial charge on any atom is 0.338 e. The van der Waals surface area contributed by atoms with Gasteiger partial charge in [0.15, 0.2) is 23.2 Å². The minimum Gasteiger partial charge on any atom is -0.478 e. The lowest BCUT2D eigenvalue weighted by atomic mass is 9.44. The van der Waals surface area contributed by atoms with Crippen LogP contribution in [0.2, 0.25) is 12.6 Å². The van der Waals surface area contributed by atoms with Crippen LogP contribution in [0.3, 0.4) is 0 Å². The van der Waals surface area contributed by atoms with Crippen LogP contribution in [0.25, 0.3) is 5.57 Å². The summed E-state index contributed by atoms with van der Waals surface area (Å²) in [7, 11) is 5.56. The van der Waals surface area contributed by atoms with E-state index in [1.54, 1.807) is 86.3 Å². The van der Waals surface area contributed by atoms with Gasteiger partial charge < -0.3 is 54.7 Å². The molecule has 96 heavy (non-hydrogen) atoms. The van der Waals surface area contributed by atoms with Gasteiger partial charge in [0, 0.05) is 94.6 Å². The van der Waals surface area contributed by atoms with Gasteiger partial charge >= 0.3 is 23.9 Å². The number of nitrogens with zero attached hydrogens (tertiary/aromatic N) is 2. The summed E-state index contributed by atoms with van der Waals surface area (Å²) in [6.07, 6.45) is -2.15. The van der Waals surface area contributed by atoms with Crippen molar-refractivity contribution in [2.45, 2.75) is 152 Å². The number of carbonyl (C=O) groups excluding carboxylic acids is 6. The molecule has 4 aliphatic carbocycles. The van der Waals surface area contributed by atoms with Crippen LogP contribution >= 0.6 is 11.8 Å². The fourth-order valence-corrected chi connectivity index (χ4v) is 21.9. The van der Waals surface area contributed by atoms with Crippen LogP contribution < -0.4 is 15.4 Å². The van der Waals surface area contributed by atoms with E-state index < -0.39 is 115 Å². The molecule has 2 aliphatic heterocycles. The number of aliphatic hydroxyl groups excluding tert-OH is 3. The van der Waals surface area contributed by atoms with Crippen LogP contribution in [0.1, 0.15) is 129 Å². The summed E-state index contributed by atoms with van der Waals surface area (Å²) in [5.74, 6) is -6.28. The number of carboxylic acids is 1. The zero-order chi connectivity index (χ0) is 69.4. The number of unbranched alkanes of at least 4 members (excludes halogenated alkanes) is 2. The van der Waals surface area contributed by atoms with Gasteiger partial charge in [0.25, 0.3) is 0 Å². The Balaban J connectivity index is 0.769. The molecule has 3 fully saturated rings. The third-order valence-electron chi connectivity index (χ3n) is 21.3. The average molecular weight is 1350 g/mol. The Morgan fingerprint density at radius 3 is 2.21 bits per heavy atom. The van der Waals surface area contributed by atoms with Gasteiger partial charge in [0.05, 0.1) is 35.2 Å². The van der Waals surface area contributed by atoms with Crippen molar-refractivity contribution in [1.82, 2.24) is 5.32 Å². The number of aromatic carboxylic acids is 1. The number of allylic oxidation sites excluding steroid dienone is 5. The number of fused-ring (bicyclic) bond motifs is 7. The molecule has 19 nitrogen and oxygen atoms in total. The van der Waals surface area contributed by atoms with Gasteiger partial charge in [-0.25, -0.2) is 19.0 Å². The van der Waals surface area contributed by atoms with Gasteiger partial charge in [-0.1, -0.05) is 99.6 Å². The number of carboxylic acid groups (broad SMARTS) is 1. The minimum absolute atomic E-state index is 0.0588. The smallest absolute Gasteiger partial charge is 0.338 e. The van der Waals surface area contributed by atoms with Gasteiger partial charge in [-0.05, 0) is 124 Å². The highest BCUT2D eigenvalue weighted by atomic mass is 32.2. The summed E-state index contributed by atoms with van der Waals surface area (Å²) in [6, 6.07) is 31.1. The van der Waals surface area contributed by atoms with Gasteiger partial charge in [-0.15, -0.1) is 0 Å². The number of hydrogen-bond donors (Lipinski definition) is 6. The van der Waals surface area contributed by atoms with Crippen LogP contribution in [-0.2, 0) is 42.9 Å². The molecule has 4 aromatic carbocycles. The van der Waals surface area contributed by atoms with Crippen molar-refractivity contribution in [3.8, 4) is 0 Å². The Bertz CT molecular complexity index is 3880. The third kappa shape index (κ3) is 13.2. The molecule has 1 saturated heterocycles. The highest BCUT2D eigenvalue weighted by molar-refractivity contribution is 7.99. The molecule has 6 aliphatic rings. The van der Waals surface area contributed by atoms with Crippen molar-refractivity contribution in [2.75, 3.05) is 57.7 Å². The zero-order valence-electron chi connectivity index (χ0n) is 56.4. The second kappa shape index (κ2) is 28.4. The highest BCUT2D eigenvalue weighted by Gasteiger charge is 2.78. The van der Waals surface area contributed by atoms with Crippen LogP contribution in [0, 0.1) is 16.7 Å². The molecule has 12 atom stereocenters. The lowest BCUT2D eigenvalue weighted by Gasteiger charge is -2.67. The quantitative estimate of drug-likeness (QED) is 0.00973. The first kappa shape index (κ1) is 71.1. The molecule has 2 bridgehead atoms. The Hall–Kier alpha value is -7.63. The van der Waals surface area contributed by atoms with E-state index in [0.29, 0.717) is 49.1 Å². The van der Waals surface area contributed by atoms with E-state index >= 15 is 4.79 Å². The number of aliphatic hydroxyl groups is 4. The van der Waals surface area contributed by atoms with Crippen molar-refractivity contribution in [1.29, 1.82) is 0 Å². The van der Waals surface area contributed by atoms with Crippen molar-refractivity contribution in [2.24, 2.45) is 16.7 Å². The molecule has 10 rings (SSSR count). The number of ketones is 2. The molecule has 6 N–H and O–H groups in total. The summed E-state index contributed by atoms with van der Waals surface area (Å²) in [4.78, 5) is 99.2. The molecule has 4 unspecified atom stereocenters. The van der Waals surface area contributed by atoms with Gasteiger partial charge in [-0.2, -0.15) is 11.8 Å². The molecule has 2 saturated carbocycles. The predicted octanol–water partition coefficient (Wildman–Crippen LogP) is 7.85. The first-order chi connectivity index (χ1) is 45.5. The monoisotopic (exact) mass is 1350 g/mol. The topological polar surface area (TPSA) is 276 Å². The summed E-state index contributed by atoms with van der Waals surface area (Å²) >= 11 is 1.74. The van der Waals surface area contributed by atoms with Gasteiger partial charge in [-0.3, -0.25) is 19.2 Å². The highest BCUT2D eigenvalue weighted by Crippen LogP contribution is 2.64. The maximum atomic E-state index is 15.2. The average Bonchev–Trinajstić information content (AvgIpc) is 0.671. The largest absolute Gasteiger partial charge is 0.478 e. The Kier molecular flexibility index (Phi) is 21.1. The number of nitrogens with one attached hydrogen (secondary N) is 1. The Morgan fingerprint density at radius 2 is 1.55 bits per heavy atom. The number of anilines is 1. The van der Waals surface area contributed by atoms with E-state index in [-0.39, 0.29) is 59.8 Å². The number of Topliss-reactive ketones (excluding diaryl/α,β-unsaturated/α-hetero) is 2. The number of carbonyl (C=O) groups is 7. The van der Waals surface area contributed by atoms with Crippen molar-refractivity contribution in [3.63, 3.8) is 0 Å². The molecular weight excluding hydrogens is 1260 g/mol. The van der Waals surface area contributed by atoms with E-state index in [1.807, 2.05) is 40.3 Å². The van der Waals surface area contributed by atoms with Crippen molar-refractivity contribution >= 4 is 83.3 Å². The number of rotatable bonds is 24. The van der Waals surface area contributed by atoms with E-state index in [1.165, 1.54) is 36.4 Å². The lowest BCUT2D eigenvalue weighted by Crippen LogP contribution is -2.81. The van der Waals surface area contributed by atoms with E-state index in [9.17, 15) is 54.3 Å².